The number of rotatable bonds is 9. The van der Waals surface area contributed by atoms with Gasteiger partial charge >= 0.3 is 5.97 Å². The van der Waals surface area contributed by atoms with E-state index in [-0.39, 0.29) is 5.91 Å². The van der Waals surface area contributed by atoms with E-state index < -0.39 is 17.0 Å². The van der Waals surface area contributed by atoms with Crippen LogP contribution in [-0.2, 0) is 14.3 Å². The van der Waals surface area contributed by atoms with Gasteiger partial charge in [-0.05, 0) is 56.5 Å². The molecule has 0 aliphatic rings. The fraction of sp³-hybridized carbons (Fsp3) is 0.714. The van der Waals surface area contributed by atoms with Gasteiger partial charge in [0.1, 0.15) is 0 Å². The highest BCUT2D eigenvalue weighted by Crippen LogP contribution is 2.22. The molecular formula is C14H24BrNO4. The summed E-state index contributed by atoms with van der Waals surface area (Å²) in [5, 5.41) is 11.7. The van der Waals surface area contributed by atoms with Crippen LogP contribution in [0.4, 0.5) is 0 Å². The van der Waals surface area contributed by atoms with Crippen molar-refractivity contribution in [2.75, 3.05) is 13.2 Å². The van der Waals surface area contributed by atoms with E-state index in [1.807, 2.05) is 13.8 Å². The number of carboxylic acid groups (broad SMARTS) is 1. The first kappa shape index (κ1) is 19.1. The van der Waals surface area contributed by atoms with Gasteiger partial charge in [0.15, 0.2) is 0 Å². The number of ether oxygens (including phenoxy) is 1. The van der Waals surface area contributed by atoms with Crippen LogP contribution in [0.3, 0.4) is 0 Å². The van der Waals surface area contributed by atoms with Gasteiger partial charge in [0.05, 0.1) is 15.5 Å². The summed E-state index contributed by atoms with van der Waals surface area (Å²) in [5.74, 6) is -1.07. The molecule has 0 aliphatic carbocycles. The number of aliphatic carboxylic acids is 1. The second-order valence-electron chi connectivity index (χ2n) is 5.96. The molecule has 0 saturated carbocycles. The molecular weight excluding hydrogens is 326 g/mol. The predicted molar refractivity (Wildman–Crippen MR) is 81.8 cm³/mol. The van der Waals surface area contributed by atoms with Crippen molar-refractivity contribution in [3.8, 4) is 0 Å². The molecule has 0 spiro atoms. The van der Waals surface area contributed by atoms with E-state index in [1.165, 1.54) is 0 Å². The van der Waals surface area contributed by atoms with Gasteiger partial charge in [0.25, 0.3) is 5.91 Å². The number of hydrogen-bond donors (Lipinski definition) is 2. The second-order valence-corrected chi connectivity index (χ2v) is 6.92. The minimum atomic E-state index is -0.831. The lowest BCUT2D eigenvalue weighted by Gasteiger charge is -2.27. The zero-order valence-corrected chi connectivity index (χ0v) is 14.2. The van der Waals surface area contributed by atoms with Crippen molar-refractivity contribution in [3.63, 3.8) is 0 Å². The Morgan fingerprint density at radius 3 is 2.25 bits per heavy atom. The molecule has 0 bridgehead atoms. The number of nitrogens with one attached hydrogen (secondary N) is 1. The van der Waals surface area contributed by atoms with E-state index in [0.29, 0.717) is 30.5 Å². The number of carbonyl (C=O) groups excluding carboxylic acids is 1. The third-order valence-corrected chi connectivity index (χ3v) is 3.42. The lowest BCUT2D eigenvalue weighted by molar-refractivity contribution is -0.149. The molecule has 0 aromatic carbocycles. The van der Waals surface area contributed by atoms with Gasteiger partial charge in [-0.15, -0.1) is 0 Å². The maximum Gasteiger partial charge on any atom is 0.309 e. The minimum absolute atomic E-state index is 0.243. The standard InChI is InChI=1S/C14H24BrNO4/c1-10(15)11(17)16-8-6-14(4,5)20-9-7-13(2,3)12(18)19/h1,6-9H2,2-5H3,(H,16,17)(H,18,19). The SMILES string of the molecule is C=C(Br)C(=O)NCCC(C)(C)OCCC(C)(C)C(=O)O. The lowest BCUT2D eigenvalue weighted by atomic mass is 9.90. The van der Waals surface area contributed by atoms with Crippen molar-refractivity contribution in [1.82, 2.24) is 5.32 Å². The van der Waals surface area contributed by atoms with Gasteiger partial charge in [0, 0.05) is 13.2 Å². The van der Waals surface area contributed by atoms with Crippen LogP contribution in [-0.4, -0.2) is 35.7 Å². The van der Waals surface area contributed by atoms with Gasteiger partial charge < -0.3 is 15.2 Å². The van der Waals surface area contributed by atoms with Gasteiger partial charge in [-0.25, -0.2) is 0 Å². The maximum atomic E-state index is 11.3. The zero-order chi connectivity index (χ0) is 16.0. The first-order valence-corrected chi connectivity index (χ1v) is 7.27. The largest absolute Gasteiger partial charge is 0.481 e. The van der Waals surface area contributed by atoms with Crippen LogP contribution in [0, 0.1) is 5.41 Å². The number of hydrogen-bond acceptors (Lipinski definition) is 3. The van der Waals surface area contributed by atoms with Gasteiger partial charge in [-0.1, -0.05) is 6.58 Å². The van der Waals surface area contributed by atoms with Crippen molar-refractivity contribution in [3.05, 3.63) is 11.1 Å². The highest BCUT2D eigenvalue weighted by Gasteiger charge is 2.28. The fourth-order valence-electron chi connectivity index (χ4n) is 1.33. The lowest BCUT2D eigenvalue weighted by Crippen LogP contribution is -2.34. The summed E-state index contributed by atoms with van der Waals surface area (Å²) in [7, 11) is 0. The van der Waals surface area contributed by atoms with Crippen molar-refractivity contribution < 1.29 is 19.4 Å². The molecule has 6 heteroatoms. The van der Waals surface area contributed by atoms with E-state index in [1.54, 1.807) is 13.8 Å². The van der Waals surface area contributed by atoms with E-state index in [4.69, 9.17) is 9.84 Å². The average molecular weight is 350 g/mol. The molecule has 116 valence electrons. The summed E-state index contributed by atoms with van der Waals surface area (Å²) in [4.78, 5) is 22.3. The topological polar surface area (TPSA) is 75.6 Å². The predicted octanol–water partition coefficient (Wildman–Crippen LogP) is 2.70. The molecule has 0 aromatic heterocycles. The van der Waals surface area contributed by atoms with Crippen LogP contribution in [0.25, 0.3) is 0 Å². The average Bonchev–Trinajstić information content (AvgIpc) is 2.27. The molecule has 20 heavy (non-hydrogen) atoms. The Kier molecular flexibility index (Phi) is 7.44. The summed E-state index contributed by atoms with van der Waals surface area (Å²) in [5.41, 5.74) is -1.21. The van der Waals surface area contributed by atoms with Gasteiger partial charge in [-0.3, -0.25) is 9.59 Å². The van der Waals surface area contributed by atoms with E-state index in [9.17, 15) is 9.59 Å². The van der Waals surface area contributed by atoms with Crippen LogP contribution in [0.2, 0.25) is 0 Å². The molecule has 2 N–H and O–H groups in total. The number of carbonyl (C=O) groups is 2. The fourth-order valence-corrected chi connectivity index (χ4v) is 1.47. The van der Waals surface area contributed by atoms with E-state index in [0.717, 1.165) is 0 Å². The Morgan fingerprint density at radius 1 is 1.25 bits per heavy atom. The molecule has 1 amide bonds. The Morgan fingerprint density at radius 2 is 1.80 bits per heavy atom. The Hall–Kier alpha value is -0.880. The van der Waals surface area contributed by atoms with Crippen LogP contribution in [0.1, 0.15) is 40.5 Å². The molecule has 0 aliphatic heterocycles. The number of amides is 1. The Balaban J connectivity index is 4.05. The molecule has 0 fully saturated rings. The normalized spacial score (nSPS) is 12.1. The highest BCUT2D eigenvalue weighted by atomic mass is 79.9. The quantitative estimate of drug-likeness (QED) is 0.627. The van der Waals surface area contributed by atoms with Crippen molar-refractivity contribution in [1.29, 1.82) is 0 Å². The maximum absolute atomic E-state index is 11.3. The molecule has 0 atom stereocenters. The molecule has 0 unspecified atom stereocenters. The first-order chi connectivity index (χ1) is 8.98. The number of carboxylic acids is 1. The van der Waals surface area contributed by atoms with Crippen LogP contribution < -0.4 is 5.32 Å². The summed E-state index contributed by atoms with van der Waals surface area (Å²) in [6.45, 7) is 11.5. The molecule has 0 saturated heterocycles. The van der Waals surface area contributed by atoms with E-state index in [2.05, 4.69) is 27.8 Å². The summed E-state index contributed by atoms with van der Waals surface area (Å²) >= 11 is 3.00. The van der Waals surface area contributed by atoms with Crippen LogP contribution in [0.15, 0.2) is 11.1 Å². The Bertz CT molecular complexity index is 377. The Labute approximate surface area is 128 Å². The molecule has 0 rings (SSSR count). The monoisotopic (exact) mass is 349 g/mol. The molecule has 0 aromatic rings. The second kappa shape index (κ2) is 7.78. The molecule has 0 radical (unpaired) electrons. The van der Waals surface area contributed by atoms with E-state index >= 15 is 0 Å². The summed E-state index contributed by atoms with van der Waals surface area (Å²) in [6, 6.07) is 0. The molecule has 5 nitrogen and oxygen atoms in total. The minimum Gasteiger partial charge on any atom is -0.481 e. The van der Waals surface area contributed by atoms with Crippen molar-refractivity contribution >= 4 is 27.8 Å². The molecule has 0 heterocycles. The number of halogens is 1. The van der Waals surface area contributed by atoms with Crippen molar-refractivity contribution in [2.45, 2.75) is 46.1 Å². The van der Waals surface area contributed by atoms with Crippen molar-refractivity contribution in [2.24, 2.45) is 5.41 Å². The zero-order valence-electron chi connectivity index (χ0n) is 12.6. The van der Waals surface area contributed by atoms with Gasteiger partial charge in [0.2, 0.25) is 0 Å². The summed E-state index contributed by atoms with van der Waals surface area (Å²) < 4.78 is 6.00. The third-order valence-electron chi connectivity index (χ3n) is 3.06. The smallest absolute Gasteiger partial charge is 0.309 e. The third kappa shape index (κ3) is 7.65. The highest BCUT2D eigenvalue weighted by molar-refractivity contribution is 9.12. The first-order valence-electron chi connectivity index (χ1n) is 6.48. The van der Waals surface area contributed by atoms with Gasteiger partial charge in [-0.2, -0.15) is 0 Å². The summed E-state index contributed by atoms with van der Waals surface area (Å²) in [6.07, 6.45) is 1.07. The van der Waals surface area contributed by atoms with Crippen LogP contribution >= 0.6 is 15.9 Å². The van der Waals surface area contributed by atoms with Crippen LogP contribution in [0.5, 0.6) is 0 Å².